The topological polar surface area (TPSA) is 0 Å². The normalized spacial score (nSPS) is 11.8. The van der Waals surface area contributed by atoms with E-state index in [0.29, 0.717) is 0 Å². The van der Waals surface area contributed by atoms with Gasteiger partial charge in [-0.1, -0.05) is 72.3 Å². The smallest absolute Gasteiger partial charge is 0.00201 e. The van der Waals surface area contributed by atoms with Crippen LogP contribution in [0.25, 0.3) is 44.2 Å². The Labute approximate surface area is 148 Å². The van der Waals surface area contributed by atoms with Crippen LogP contribution in [0.2, 0.25) is 0 Å². The van der Waals surface area contributed by atoms with Crippen LogP contribution in [0.1, 0.15) is 16.7 Å². The molecule has 0 heterocycles. The molecule has 0 saturated heterocycles. The van der Waals surface area contributed by atoms with Gasteiger partial charge in [0.05, 0.1) is 0 Å². The van der Waals surface area contributed by atoms with Gasteiger partial charge in [-0.2, -0.15) is 0 Å². The highest BCUT2D eigenvalue weighted by Gasteiger charge is 2.22. The van der Waals surface area contributed by atoms with Crippen LogP contribution in [0.15, 0.2) is 66.7 Å². The van der Waals surface area contributed by atoms with Crippen molar-refractivity contribution in [3.05, 3.63) is 83.4 Å². The van der Waals surface area contributed by atoms with Crippen molar-refractivity contribution >= 4 is 10.8 Å². The maximum atomic E-state index is 2.31. The van der Waals surface area contributed by atoms with Gasteiger partial charge in [-0.3, -0.25) is 0 Å². The van der Waals surface area contributed by atoms with Crippen molar-refractivity contribution in [1.82, 2.24) is 0 Å². The fourth-order valence-corrected chi connectivity index (χ4v) is 4.63. The third kappa shape index (κ3) is 1.94. The van der Waals surface area contributed by atoms with E-state index < -0.39 is 0 Å². The van der Waals surface area contributed by atoms with Crippen molar-refractivity contribution in [2.75, 3.05) is 0 Å². The molecule has 0 aromatic heterocycles. The Hall–Kier alpha value is -2.86. The molecule has 4 aromatic rings. The van der Waals surface area contributed by atoms with Crippen LogP contribution in [0.4, 0.5) is 0 Å². The summed E-state index contributed by atoms with van der Waals surface area (Å²) in [5, 5.41) is 2.77. The number of fused-ring (bicyclic) bond motifs is 3. The predicted octanol–water partition coefficient (Wildman–Crippen LogP) is 7.08. The van der Waals surface area contributed by atoms with E-state index in [0.717, 1.165) is 0 Å². The van der Waals surface area contributed by atoms with Gasteiger partial charge in [-0.05, 0) is 76.1 Å². The molecule has 0 radical (unpaired) electrons. The Kier molecular flexibility index (Phi) is 2.93. The van der Waals surface area contributed by atoms with Crippen LogP contribution in [-0.4, -0.2) is 0 Å². The highest BCUT2D eigenvalue weighted by molar-refractivity contribution is 6.18. The molecule has 25 heavy (non-hydrogen) atoms. The molecule has 0 spiro atoms. The summed E-state index contributed by atoms with van der Waals surface area (Å²) < 4.78 is 0. The zero-order chi connectivity index (χ0) is 17.1. The van der Waals surface area contributed by atoms with E-state index in [1.807, 2.05) is 0 Å². The number of hydrogen-bond acceptors (Lipinski definition) is 0. The summed E-state index contributed by atoms with van der Waals surface area (Å²) in [7, 11) is 0. The SMILES string of the molecule is Cc1cc(C)c(-c2ccc3c4c(cccc24)-c2ccccc2-3)c(C)c1. The van der Waals surface area contributed by atoms with Gasteiger partial charge in [0.1, 0.15) is 0 Å². The van der Waals surface area contributed by atoms with Crippen molar-refractivity contribution in [3.8, 4) is 33.4 Å². The maximum absolute atomic E-state index is 2.31. The summed E-state index contributed by atoms with van der Waals surface area (Å²) in [6.45, 7) is 6.63. The molecule has 1 aliphatic rings. The van der Waals surface area contributed by atoms with Crippen LogP contribution in [0.3, 0.4) is 0 Å². The maximum Gasteiger partial charge on any atom is -0.00201 e. The number of benzene rings is 4. The second-order valence-corrected chi connectivity index (χ2v) is 7.21. The van der Waals surface area contributed by atoms with Gasteiger partial charge < -0.3 is 0 Å². The quantitative estimate of drug-likeness (QED) is 0.309. The molecular formula is C25H20. The summed E-state index contributed by atoms with van der Waals surface area (Å²) in [5.74, 6) is 0. The average molecular weight is 320 g/mol. The molecule has 0 bridgehead atoms. The van der Waals surface area contributed by atoms with Crippen molar-refractivity contribution in [1.29, 1.82) is 0 Å². The molecule has 0 amide bonds. The number of hydrogen-bond donors (Lipinski definition) is 0. The number of rotatable bonds is 1. The summed E-state index contributed by atoms with van der Waals surface area (Å²) >= 11 is 0. The lowest BCUT2D eigenvalue weighted by atomic mass is 9.89. The highest BCUT2D eigenvalue weighted by atomic mass is 14.3. The Morgan fingerprint density at radius 1 is 0.520 bits per heavy atom. The molecule has 0 N–H and O–H groups in total. The Morgan fingerprint density at radius 3 is 1.76 bits per heavy atom. The first-order valence-electron chi connectivity index (χ1n) is 8.89. The molecule has 0 heteroatoms. The lowest BCUT2D eigenvalue weighted by molar-refractivity contribution is 1.32. The Balaban J connectivity index is 1.90. The molecule has 120 valence electrons. The second-order valence-electron chi connectivity index (χ2n) is 7.21. The third-order valence-electron chi connectivity index (χ3n) is 5.49. The molecule has 0 nitrogen and oxygen atoms in total. The Bertz CT molecular complexity index is 1110. The summed E-state index contributed by atoms with van der Waals surface area (Å²) in [4.78, 5) is 0. The fourth-order valence-electron chi connectivity index (χ4n) is 4.63. The van der Waals surface area contributed by atoms with E-state index in [9.17, 15) is 0 Å². The van der Waals surface area contributed by atoms with Gasteiger partial charge in [0, 0.05) is 0 Å². The molecule has 0 aliphatic heterocycles. The van der Waals surface area contributed by atoms with Gasteiger partial charge in [-0.15, -0.1) is 0 Å². The van der Waals surface area contributed by atoms with E-state index >= 15 is 0 Å². The van der Waals surface area contributed by atoms with Crippen molar-refractivity contribution in [2.24, 2.45) is 0 Å². The summed E-state index contributed by atoms with van der Waals surface area (Å²) in [6, 6.07) is 24.7. The van der Waals surface area contributed by atoms with E-state index in [1.54, 1.807) is 0 Å². The zero-order valence-electron chi connectivity index (χ0n) is 14.9. The van der Waals surface area contributed by atoms with E-state index in [-0.39, 0.29) is 0 Å². The predicted molar refractivity (Wildman–Crippen MR) is 108 cm³/mol. The van der Waals surface area contributed by atoms with Gasteiger partial charge in [0.2, 0.25) is 0 Å². The average Bonchev–Trinajstić information content (AvgIpc) is 2.92. The van der Waals surface area contributed by atoms with Crippen LogP contribution >= 0.6 is 0 Å². The number of aryl methyl sites for hydroxylation is 3. The standard InChI is InChI=1S/C25H20/c1-15-13-16(2)24(17(3)14-15)23-12-11-22-19-8-5-4-7-18(19)20-9-6-10-21(23)25(20)22/h4-14H,1-3H3. The Morgan fingerprint density at radius 2 is 1.08 bits per heavy atom. The fraction of sp³-hybridized carbons (Fsp3) is 0.120. The lowest BCUT2D eigenvalue weighted by Gasteiger charge is -2.15. The van der Waals surface area contributed by atoms with Gasteiger partial charge in [0.25, 0.3) is 0 Å². The minimum atomic E-state index is 1.33. The zero-order valence-corrected chi connectivity index (χ0v) is 14.9. The van der Waals surface area contributed by atoms with Crippen LogP contribution in [-0.2, 0) is 0 Å². The molecule has 0 fully saturated rings. The van der Waals surface area contributed by atoms with E-state index in [4.69, 9.17) is 0 Å². The molecule has 4 aromatic carbocycles. The van der Waals surface area contributed by atoms with E-state index in [1.165, 1.54) is 60.8 Å². The third-order valence-corrected chi connectivity index (χ3v) is 5.49. The molecular weight excluding hydrogens is 300 g/mol. The molecule has 0 saturated carbocycles. The van der Waals surface area contributed by atoms with Gasteiger partial charge in [0.15, 0.2) is 0 Å². The second kappa shape index (κ2) is 5.07. The summed E-state index contributed by atoms with van der Waals surface area (Å²) in [5.41, 5.74) is 12.2. The highest BCUT2D eigenvalue weighted by Crippen LogP contribution is 2.49. The minimum absolute atomic E-state index is 1.33. The van der Waals surface area contributed by atoms with Crippen LogP contribution < -0.4 is 0 Å². The van der Waals surface area contributed by atoms with Crippen molar-refractivity contribution in [2.45, 2.75) is 20.8 Å². The van der Waals surface area contributed by atoms with Crippen molar-refractivity contribution in [3.63, 3.8) is 0 Å². The van der Waals surface area contributed by atoms with Gasteiger partial charge >= 0.3 is 0 Å². The minimum Gasteiger partial charge on any atom is -0.0616 e. The van der Waals surface area contributed by atoms with Gasteiger partial charge in [-0.25, -0.2) is 0 Å². The first-order chi connectivity index (χ1) is 12.1. The summed E-state index contributed by atoms with van der Waals surface area (Å²) in [6.07, 6.45) is 0. The largest absolute Gasteiger partial charge is 0.0616 e. The first kappa shape index (κ1) is 14.5. The molecule has 0 atom stereocenters. The molecule has 1 aliphatic carbocycles. The monoisotopic (exact) mass is 320 g/mol. The first-order valence-corrected chi connectivity index (χ1v) is 8.89. The van der Waals surface area contributed by atoms with Crippen molar-refractivity contribution < 1.29 is 0 Å². The van der Waals surface area contributed by atoms with E-state index in [2.05, 4.69) is 87.5 Å². The lowest BCUT2D eigenvalue weighted by Crippen LogP contribution is -1.91. The van der Waals surface area contributed by atoms with Crippen LogP contribution in [0, 0.1) is 20.8 Å². The molecule has 0 unspecified atom stereocenters. The molecule has 5 rings (SSSR count). The van der Waals surface area contributed by atoms with Crippen LogP contribution in [0.5, 0.6) is 0 Å².